The fraction of sp³-hybridized carbons (Fsp3) is 0.647. The van der Waals surface area contributed by atoms with Crippen LogP contribution in [0.4, 0.5) is 0 Å². The predicted molar refractivity (Wildman–Crippen MR) is 79.9 cm³/mol. The molecule has 0 aromatic heterocycles. The number of hydrogen-bond acceptors (Lipinski definition) is 3. The molecule has 2 aliphatic carbocycles. The lowest BCUT2D eigenvalue weighted by Crippen LogP contribution is -2.40. The van der Waals surface area contributed by atoms with Crippen LogP contribution in [0, 0.1) is 5.92 Å². The predicted octanol–water partition coefficient (Wildman–Crippen LogP) is 3.04. The minimum absolute atomic E-state index is 0.380. The number of ether oxygens (including phenoxy) is 1. The van der Waals surface area contributed by atoms with Gasteiger partial charge < -0.3 is 15.2 Å². The van der Waals surface area contributed by atoms with Crippen molar-refractivity contribution in [2.24, 2.45) is 5.92 Å². The van der Waals surface area contributed by atoms with E-state index in [1.165, 1.54) is 18.4 Å². The van der Waals surface area contributed by atoms with Gasteiger partial charge in [0.05, 0.1) is 12.7 Å². The van der Waals surface area contributed by atoms with Crippen LogP contribution in [-0.2, 0) is 0 Å². The van der Waals surface area contributed by atoms with Crippen molar-refractivity contribution in [1.82, 2.24) is 5.32 Å². The number of hydrogen-bond donors (Lipinski definition) is 2. The molecule has 1 unspecified atom stereocenters. The average molecular weight is 275 g/mol. The van der Waals surface area contributed by atoms with Gasteiger partial charge in [0.15, 0.2) is 0 Å². The van der Waals surface area contributed by atoms with Gasteiger partial charge in [0.25, 0.3) is 0 Å². The van der Waals surface area contributed by atoms with Crippen LogP contribution in [0.1, 0.15) is 50.1 Å². The Kier molecular flexibility index (Phi) is 3.99. The highest BCUT2D eigenvalue weighted by atomic mass is 16.5. The topological polar surface area (TPSA) is 41.5 Å². The summed E-state index contributed by atoms with van der Waals surface area (Å²) < 4.78 is 5.22. The van der Waals surface area contributed by atoms with Crippen LogP contribution in [0.25, 0.3) is 0 Å². The summed E-state index contributed by atoms with van der Waals surface area (Å²) >= 11 is 0. The highest BCUT2D eigenvalue weighted by molar-refractivity contribution is 5.30. The van der Waals surface area contributed by atoms with Crippen LogP contribution in [0.2, 0.25) is 0 Å². The minimum Gasteiger partial charge on any atom is -0.497 e. The molecule has 20 heavy (non-hydrogen) atoms. The fourth-order valence-electron chi connectivity index (χ4n) is 3.31. The Balaban J connectivity index is 1.65. The lowest BCUT2D eigenvalue weighted by Gasteiger charge is -2.27. The van der Waals surface area contributed by atoms with Crippen LogP contribution >= 0.6 is 0 Å². The summed E-state index contributed by atoms with van der Waals surface area (Å²) in [6.45, 7) is 0.722. The van der Waals surface area contributed by atoms with Gasteiger partial charge in [-0.3, -0.25) is 0 Å². The summed E-state index contributed by atoms with van der Waals surface area (Å²) in [4.78, 5) is 0. The summed E-state index contributed by atoms with van der Waals surface area (Å²) in [5, 5.41) is 14.1. The SMILES string of the molecule is COc1ccc(C(NCC2(O)CCCC2)C2CC2)cc1. The van der Waals surface area contributed by atoms with E-state index in [9.17, 15) is 5.11 Å². The van der Waals surface area contributed by atoms with E-state index in [0.29, 0.717) is 6.04 Å². The maximum absolute atomic E-state index is 10.5. The molecule has 0 spiro atoms. The summed E-state index contributed by atoms with van der Waals surface area (Å²) in [5.41, 5.74) is 0.842. The van der Waals surface area contributed by atoms with Crippen LogP contribution < -0.4 is 10.1 Å². The second kappa shape index (κ2) is 5.74. The second-order valence-corrected chi connectivity index (χ2v) is 6.40. The van der Waals surface area contributed by atoms with Gasteiger partial charge >= 0.3 is 0 Å². The molecule has 2 N–H and O–H groups in total. The van der Waals surface area contributed by atoms with Crippen molar-refractivity contribution in [3.05, 3.63) is 29.8 Å². The van der Waals surface area contributed by atoms with Crippen LogP contribution in [0.15, 0.2) is 24.3 Å². The van der Waals surface area contributed by atoms with E-state index in [0.717, 1.165) is 43.9 Å². The smallest absolute Gasteiger partial charge is 0.118 e. The van der Waals surface area contributed by atoms with Crippen molar-refractivity contribution < 1.29 is 9.84 Å². The molecule has 3 nitrogen and oxygen atoms in total. The molecule has 1 aromatic carbocycles. The molecule has 0 aliphatic heterocycles. The van der Waals surface area contributed by atoms with Gasteiger partial charge in [-0.1, -0.05) is 25.0 Å². The third kappa shape index (κ3) is 3.15. The Morgan fingerprint density at radius 2 is 1.90 bits per heavy atom. The van der Waals surface area contributed by atoms with Crippen molar-refractivity contribution >= 4 is 0 Å². The Bertz CT molecular complexity index is 433. The average Bonchev–Trinajstić information content (AvgIpc) is 3.22. The number of rotatable bonds is 6. The molecule has 1 atom stereocenters. The summed E-state index contributed by atoms with van der Waals surface area (Å²) in [7, 11) is 1.70. The van der Waals surface area contributed by atoms with E-state index in [1.807, 2.05) is 12.1 Å². The standard InChI is InChI=1S/C17H25NO2/c1-20-15-8-6-14(7-9-15)16(13-4-5-13)18-12-17(19)10-2-3-11-17/h6-9,13,16,18-19H,2-5,10-12H2,1H3. The molecule has 2 fully saturated rings. The van der Waals surface area contributed by atoms with Crippen LogP contribution in [-0.4, -0.2) is 24.4 Å². The number of nitrogens with one attached hydrogen (secondary N) is 1. The zero-order valence-corrected chi connectivity index (χ0v) is 12.3. The first-order valence-corrected chi connectivity index (χ1v) is 7.80. The molecule has 0 bridgehead atoms. The van der Waals surface area contributed by atoms with E-state index < -0.39 is 5.60 Å². The Hall–Kier alpha value is -1.06. The molecule has 0 radical (unpaired) electrons. The van der Waals surface area contributed by atoms with Crippen LogP contribution in [0.5, 0.6) is 5.75 Å². The van der Waals surface area contributed by atoms with Gasteiger partial charge in [0.1, 0.15) is 5.75 Å². The van der Waals surface area contributed by atoms with E-state index in [1.54, 1.807) is 7.11 Å². The number of methoxy groups -OCH3 is 1. The minimum atomic E-state index is -0.473. The molecule has 0 saturated heterocycles. The molecule has 1 aromatic rings. The maximum Gasteiger partial charge on any atom is 0.118 e. The maximum atomic E-state index is 10.5. The van der Waals surface area contributed by atoms with Crippen molar-refractivity contribution in [1.29, 1.82) is 0 Å². The third-order valence-electron chi connectivity index (χ3n) is 4.75. The van der Waals surface area contributed by atoms with E-state index >= 15 is 0 Å². The third-order valence-corrected chi connectivity index (χ3v) is 4.75. The van der Waals surface area contributed by atoms with Crippen molar-refractivity contribution in [2.45, 2.75) is 50.2 Å². The van der Waals surface area contributed by atoms with Gasteiger partial charge in [-0.05, 0) is 49.3 Å². The summed E-state index contributed by atoms with van der Waals surface area (Å²) in [6, 6.07) is 8.72. The van der Waals surface area contributed by atoms with Crippen molar-refractivity contribution in [2.75, 3.05) is 13.7 Å². The van der Waals surface area contributed by atoms with Gasteiger partial charge in [-0.25, -0.2) is 0 Å². The largest absolute Gasteiger partial charge is 0.497 e. The lowest BCUT2D eigenvalue weighted by atomic mass is 9.98. The molecule has 2 aliphatic rings. The first kappa shape index (κ1) is 13.9. The first-order valence-electron chi connectivity index (χ1n) is 7.80. The second-order valence-electron chi connectivity index (χ2n) is 6.40. The zero-order chi connectivity index (χ0) is 14.0. The highest BCUT2D eigenvalue weighted by Gasteiger charge is 2.36. The summed E-state index contributed by atoms with van der Waals surface area (Å²) in [6.07, 6.45) is 6.80. The normalized spacial score (nSPS) is 22.7. The quantitative estimate of drug-likeness (QED) is 0.838. The van der Waals surface area contributed by atoms with Crippen molar-refractivity contribution in [3.63, 3.8) is 0 Å². The van der Waals surface area contributed by atoms with Crippen molar-refractivity contribution in [3.8, 4) is 5.75 Å². The van der Waals surface area contributed by atoms with Crippen LogP contribution in [0.3, 0.4) is 0 Å². The molecular formula is C17H25NO2. The number of aliphatic hydroxyl groups is 1. The van der Waals surface area contributed by atoms with E-state index in [2.05, 4.69) is 17.4 Å². The Labute approximate surface area is 121 Å². The molecule has 0 amide bonds. The molecule has 110 valence electrons. The fourth-order valence-corrected chi connectivity index (χ4v) is 3.31. The molecule has 2 saturated carbocycles. The zero-order valence-electron chi connectivity index (χ0n) is 12.3. The summed E-state index contributed by atoms with van der Waals surface area (Å²) in [5.74, 6) is 1.63. The Morgan fingerprint density at radius 1 is 1.25 bits per heavy atom. The highest BCUT2D eigenvalue weighted by Crippen LogP contribution is 2.42. The van der Waals surface area contributed by atoms with E-state index in [-0.39, 0.29) is 0 Å². The Morgan fingerprint density at radius 3 is 2.45 bits per heavy atom. The first-order chi connectivity index (χ1) is 9.70. The molecule has 3 heteroatoms. The molecule has 0 heterocycles. The van der Waals surface area contributed by atoms with Gasteiger partial charge in [-0.2, -0.15) is 0 Å². The lowest BCUT2D eigenvalue weighted by molar-refractivity contribution is 0.0440. The van der Waals surface area contributed by atoms with Gasteiger partial charge in [-0.15, -0.1) is 0 Å². The van der Waals surface area contributed by atoms with Gasteiger partial charge in [0.2, 0.25) is 0 Å². The molecular weight excluding hydrogens is 250 g/mol. The number of benzene rings is 1. The van der Waals surface area contributed by atoms with Gasteiger partial charge in [0, 0.05) is 12.6 Å². The van der Waals surface area contributed by atoms with E-state index in [4.69, 9.17) is 4.74 Å². The molecule has 3 rings (SSSR count). The monoisotopic (exact) mass is 275 g/mol.